The Morgan fingerprint density at radius 1 is 1.15 bits per heavy atom. The van der Waals surface area contributed by atoms with Crippen LogP contribution in [0.4, 0.5) is 11.4 Å². The standard InChI is InChI=1S/C19H21ClN2O4/c1-24-13-6-7-17(25-2)14(12-13)19(23)21-16-5-3-4-15(20)18(16)22-8-10-26-11-9-22/h3-7,12H,8-11H2,1-2H3,(H,21,23). The molecule has 0 aliphatic carbocycles. The number of hydrogen-bond acceptors (Lipinski definition) is 5. The van der Waals surface area contributed by atoms with Crippen LogP contribution in [0.2, 0.25) is 5.02 Å². The van der Waals surface area contributed by atoms with E-state index >= 15 is 0 Å². The van der Waals surface area contributed by atoms with E-state index in [9.17, 15) is 4.79 Å². The summed E-state index contributed by atoms with van der Waals surface area (Å²) in [6.07, 6.45) is 0. The zero-order chi connectivity index (χ0) is 18.5. The van der Waals surface area contributed by atoms with E-state index in [1.165, 1.54) is 7.11 Å². The third-order valence-corrected chi connectivity index (χ3v) is 4.52. The van der Waals surface area contributed by atoms with Crippen LogP contribution in [0.3, 0.4) is 0 Å². The number of hydrogen-bond donors (Lipinski definition) is 1. The normalized spacial score (nSPS) is 14.0. The molecular weight excluding hydrogens is 356 g/mol. The maximum atomic E-state index is 12.9. The molecule has 2 aromatic carbocycles. The van der Waals surface area contributed by atoms with Gasteiger partial charge in [0.25, 0.3) is 5.91 Å². The van der Waals surface area contributed by atoms with Gasteiger partial charge in [0.15, 0.2) is 0 Å². The summed E-state index contributed by atoms with van der Waals surface area (Å²) in [5.41, 5.74) is 1.83. The third kappa shape index (κ3) is 3.86. The highest BCUT2D eigenvalue weighted by Crippen LogP contribution is 2.35. The van der Waals surface area contributed by atoms with E-state index in [2.05, 4.69) is 10.2 Å². The van der Waals surface area contributed by atoms with Crippen LogP contribution in [0.25, 0.3) is 0 Å². The molecule has 1 fully saturated rings. The summed E-state index contributed by atoms with van der Waals surface area (Å²) in [6, 6.07) is 10.6. The van der Waals surface area contributed by atoms with E-state index in [0.717, 1.165) is 18.8 Å². The highest BCUT2D eigenvalue weighted by atomic mass is 35.5. The molecule has 0 atom stereocenters. The van der Waals surface area contributed by atoms with E-state index in [-0.39, 0.29) is 5.91 Å². The van der Waals surface area contributed by atoms with Crippen LogP contribution in [-0.2, 0) is 4.74 Å². The lowest BCUT2D eigenvalue weighted by Gasteiger charge is -2.31. The number of carbonyl (C=O) groups is 1. The molecule has 7 heteroatoms. The first-order chi connectivity index (χ1) is 12.6. The van der Waals surface area contributed by atoms with Gasteiger partial charge in [-0.1, -0.05) is 17.7 Å². The van der Waals surface area contributed by atoms with Gasteiger partial charge in [-0.25, -0.2) is 0 Å². The Bertz CT molecular complexity index is 791. The summed E-state index contributed by atoms with van der Waals surface area (Å²) in [6.45, 7) is 2.69. The van der Waals surface area contributed by atoms with Crippen LogP contribution in [-0.4, -0.2) is 46.4 Å². The van der Waals surface area contributed by atoms with Gasteiger partial charge in [-0.3, -0.25) is 4.79 Å². The van der Waals surface area contributed by atoms with E-state index in [0.29, 0.717) is 41.0 Å². The number of morpholine rings is 1. The van der Waals surface area contributed by atoms with Crippen LogP contribution in [0, 0.1) is 0 Å². The molecule has 2 aromatic rings. The molecule has 0 bridgehead atoms. The van der Waals surface area contributed by atoms with Crippen LogP contribution < -0.4 is 19.7 Å². The highest BCUT2D eigenvalue weighted by Gasteiger charge is 2.21. The van der Waals surface area contributed by atoms with E-state index in [1.54, 1.807) is 25.3 Å². The second-order valence-electron chi connectivity index (χ2n) is 5.76. The molecule has 0 saturated carbocycles. The zero-order valence-corrected chi connectivity index (χ0v) is 15.5. The minimum Gasteiger partial charge on any atom is -0.497 e. The molecule has 0 radical (unpaired) electrons. The molecule has 1 aliphatic heterocycles. The molecule has 1 saturated heterocycles. The van der Waals surface area contributed by atoms with Gasteiger partial charge in [0.1, 0.15) is 11.5 Å². The van der Waals surface area contributed by atoms with Crippen molar-refractivity contribution in [2.45, 2.75) is 0 Å². The van der Waals surface area contributed by atoms with Crippen molar-refractivity contribution in [2.75, 3.05) is 50.7 Å². The fraction of sp³-hybridized carbons (Fsp3) is 0.316. The third-order valence-electron chi connectivity index (χ3n) is 4.21. The maximum absolute atomic E-state index is 12.9. The Labute approximate surface area is 157 Å². The molecule has 6 nitrogen and oxygen atoms in total. The smallest absolute Gasteiger partial charge is 0.259 e. The van der Waals surface area contributed by atoms with Crippen molar-refractivity contribution in [1.29, 1.82) is 0 Å². The van der Waals surface area contributed by atoms with Crippen LogP contribution in [0.1, 0.15) is 10.4 Å². The first kappa shape index (κ1) is 18.4. The second-order valence-corrected chi connectivity index (χ2v) is 6.16. The molecule has 1 amide bonds. The number of rotatable bonds is 5. The van der Waals surface area contributed by atoms with Gasteiger partial charge in [0, 0.05) is 13.1 Å². The second kappa shape index (κ2) is 8.29. The van der Waals surface area contributed by atoms with Gasteiger partial charge < -0.3 is 24.4 Å². The molecule has 1 aliphatic rings. The number of nitrogens with one attached hydrogen (secondary N) is 1. The highest BCUT2D eigenvalue weighted by molar-refractivity contribution is 6.34. The number of para-hydroxylation sites is 1. The molecule has 3 rings (SSSR count). The molecule has 0 unspecified atom stereocenters. The van der Waals surface area contributed by atoms with Crippen molar-refractivity contribution in [1.82, 2.24) is 0 Å². The Balaban J connectivity index is 1.92. The van der Waals surface area contributed by atoms with Crippen molar-refractivity contribution >= 4 is 28.9 Å². The Hall–Kier alpha value is -2.44. The van der Waals surface area contributed by atoms with Crippen LogP contribution >= 0.6 is 11.6 Å². The van der Waals surface area contributed by atoms with Gasteiger partial charge in [-0.2, -0.15) is 0 Å². The van der Waals surface area contributed by atoms with Crippen molar-refractivity contribution < 1.29 is 19.0 Å². The maximum Gasteiger partial charge on any atom is 0.259 e. The first-order valence-electron chi connectivity index (χ1n) is 8.28. The minimum absolute atomic E-state index is 0.294. The van der Waals surface area contributed by atoms with Gasteiger partial charge in [-0.15, -0.1) is 0 Å². The van der Waals surface area contributed by atoms with Gasteiger partial charge >= 0.3 is 0 Å². The first-order valence-corrected chi connectivity index (χ1v) is 8.66. The van der Waals surface area contributed by atoms with Gasteiger partial charge in [-0.05, 0) is 30.3 Å². The number of carbonyl (C=O) groups excluding carboxylic acids is 1. The molecular formula is C19H21ClN2O4. The number of halogens is 1. The number of nitrogens with zero attached hydrogens (tertiary/aromatic N) is 1. The molecule has 0 spiro atoms. The predicted molar refractivity (Wildman–Crippen MR) is 102 cm³/mol. The SMILES string of the molecule is COc1ccc(OC)c(C(=O)Nc2cccc(Cl)c2N2CCOCC2)c1. The lowest BCUT2D eigenvalue weighted by Crippen LogP contribution is -2.37. The Morgan fingerprint density at radius 3 is 2.62 bits per heavy atom. The summed E-state index contributed by atoms with van der Waals surface area (Å²) < 4.78 is 15.9. The number of ether oxygens (including phenoxy) is 3. The van der Waals surface area contributed by atoms with Gasteiger partial charge in [0.2, 0.25) is 0 Å². The fourth-order valence-electron chi connectivity index (χ4n) is 2.91. The topological polar surface area (TPSA) is 60.0 Å². The molecule has 26 heavy (non-hydrogen) atoms. The fourth-order valence-corrected chi connectivity index (χ4v) is 3.20. The van der Waals surface area contributed by atoms with E-state index < -0.39 is 0 Å². The average molecular weight is 377 g/mol. The van der Waals surface area contributed by atoms with E-state index in [4.69, 9.17) is 25.8 Å². The largest absolute Gasteiger partial charge is 0.497 e. The van der Waals surface area contributed by atoms with Crippen molar-refractivity contribution in [3.05, 3.63) is 47.0 Å². The Kier molecular flexibility index (Phi) is 5.85. The summed E-state index contributed by atoms with van der Waals surface area (Å²) in [5, 5.41) is 3.54. The predicted octanol–water partition coefficient (Wildman–Crippen LogP) is 3.45. The van der Waals surface area contributed by atoms with E-state index in [1.807, 2.05) is 18.2 Å². The zero-order valence-electron chi connectivity index (χ0n) is 14.8. The quantitative estimate of drug-likeness (QED) is 0.866. The number of benzene rings is 2. The van der Waals surface area contributed by atoms with Crippen molar-refractivity contribution in [3.8, 4) is 11.5 Å². The summed E-state index contributed by atoms with van der Waals surface area (Å²) in [4.78, 5) is 15.0. The average Bonchev–Trinajstić information content (AvgIpc) is 2.68. The summed E-state index contributed by atoms with van der Waals surface area (Å²) in [7, 11) is 3.08. The van der Waals surface area contributed by atoms with Crippen molar-refractivity contribution in [3.63, 3.8) is 0 Å². The summed E-state index contributed by atoms with van der Waals surface area (Å²) in [5.74, 6) is 0.756. The molecule has 0 aromatic heterocycles. The Morgan fingerprint density at radius 2 is 1.92 bits per heavy atom. The molecule has 1 N–H and O–H groups in total. The monoisotopic (exact) mass is 376 g/mol. The summed E-state index contributed by atoms with van der Waals surface area (Å²) >= 11 is 6.42. The molecule has 138 valence electrons. The van der Waals surface area contributed by atoms with Gasteiger partial charge in [0.05, 0.1) is 49.4 Å². The number of amides is 1. The van der Waals surface area contributed by atoms with Crippen LogP contribution in [0.5, 0.6) is 11.5 Å². The number of methoxy groups -OCH3 is 2. The lowest BCUT2D eigenvalue weighted by atomic mass is 10.1. The number of anilines is 2. The van der Waals surface area contributed by atoms with Crippen LogP contribution in [0.15, 0.2) is 36.4 Å². The molecule has 1 heterocycles. The lowest BCUT2D eigenvalue weighted by molar-refractivity contribution is 0.102. The van der Waals surface area contributed by atoms with Crippen molar-refractivity contribution in [2.24, 2.45) is 0 Å². The minimum atomic E-state index is -0.294.